The Morgan fingerprint density at radius 3 is 2.53 bits per heavy atom. The summed E-state index contributed by atoms with van der Waals surface area (Å²) in [7, 11) is 0. The van der Waals surface area contributed by atoms with Gasteiger partial charge in [0.2, 0.25) is 0 Å². The number of nitrogens with zero attached hydrogens (tertiary/aromatic N) is 1. The van der Waals surface area contributed by atoms with Crippen LogP contribution in [0, 0.1) is 5.92 Å². The zero-order valence-corrected chi connectivity index (χ0v) is 10.4. The lowest BCUT2D eigenvalue weighted by Gasteiger charge is -2.25. The van der Waals surface area contributed by atoms with Crippen molar-refractivity contribution in [2.75, 3.05) is 5.73 Å². The third-order valence-corrected chi connectivity index (χ3v) is 4.48. The van der Waals surface area contributed by atoms with Crippen LogP contribution in [-0.2, 0) is 6.42 Å². The van der Waals surface area contributed by atoms with Crippen LogP contribution in [0.25, 0.3) is 0 Å². The molecule has 1 aliphatic rings. The van der Waals surface area contributed by atoms with Crippen LogP contribution < -0.4 is 5.73 Å². The summed E-state index contributed by atoms with van der Waals surface area (Å²) in [6.07, 6.45) is 6.24. The lowest BCUT2D eigenvalue weighted by molar-refractivity contribution is 0.345. The highest BCUT2D eigenvalue weighted by Gasteiger charge is 2.23. The maximum absolute atomic E-state index is 6.04. The van der Waals surface area contributed by atoms with Crippen molar-refractivity contribution in [2.45, 2.75) is 51.9 Å². The van der Waals surface area contributed by atoms with Crippen LogP contribution in [-0.4, -0.2) is 4.98 Å². The number of nitrogen functional groups attached to an aromatic ring is 1. The first-order chi connectivity index (χ1) is 7.20. The van der Waals surface area contributed by atoms with Gasteiger partial charge >= 0.3 is 0 Å². The zero-order valence-electron chi connectivity index (χ0n) is 9.62. The van der Waals surface area contributed by atoms with Gasteiger partial charge in [-0.3, -0.25) is 0 Å². The lowest BCUT2D eigenvalue weighted by Crippen LogP contribution is -2.12. The Bertz CT molecular complexity index is 324. The van der Waals surface area contributed by atoms with Crippen molar-refractivity contribution in [1.29, 1.82) is 0 Å². The van der Waals surface area contributed by atoms with Crippen LogP contribution in [0.2, 0.25) is 0 Å². The summed E-state index contributed by atoms with van der Waals surface area (Å²) in [6.45, 7) is 4.49. The minimum absolute atomic E-state index is 0.637. The van der Waals surface area contributed by atoms with Crippen molar-refractivity contribution >= 4 is 16.3 Å². The highest BCUT2D eigenvalue weighted by molar-refractivity contribution is 7.15. The second kappa shape index (κ2) is 4.52. The summed E-state index contributed by atoms with van der Waals surface area (Å²) in [6, 6.07) is 0. The fraction of sp³-hybridized carbons (Fsp3) is 0.750. The van der Waals surface area contributed by atoms with Crippen LogP contribution in [0.3, 0.4) is 0 Å². The summed E-state index contributed by atoms with van der Waals surface area (Å²) >= 11 is 1.68. The Balaban J connectivity index is 2.11. The Kier molecular flexibility index (Phi) is 3.29. The molecular formula is C12H20N2S. The number of rotatable bonds is 2. The molecule has 1 aromatic heterocycles. The van der Waals surface area contributed by atoms with Crippen LogP contribution in [0.5, 0.6) is 0 Å². The van der Waals surface area contributed by atoms with Crippen molar-refractivity contribution in [3.63, 3.8) is 0 Å². The summed E-state index contributed by atoms with van der Waals surface area (Å²) in [5, 5.41) is 2.16. The summed E-state index contributed by atoms with van der Waals surface area (Å²) in [5.41, 5.74) is 7.24. The van der Waals surface area contributed by atoms with Gasteiger partial charge in [0.1, 0.15) is 5.00 Å². The number of anilines is 1. The molecule has 0 aliphatic heterocycles. The zero-order chi connectivity index (χ0) is 10.8. The number of hydrogen-bond acceptors (Lipinski definition) is 3. The van der Waals surface area contributed by atoms with Gasteiger partial charge in [0.15, 0.2) is 0 Å². The number of aromatic nitrogens is 1. The summed E-state index contributed by atoms with van der Waals surface area (Å²) in [5.74, 6) is 1.53. The predicted octanol–water partition coefficient (Wildman–Crippen LogP) is 3.58. The molecule has 0 unspecified atom stereocenters. The first kappa shape index (κ1) is 10.9. The average Bonchev–Trinajstić information content (AvgIpc) is 2.61. The molecule has 0 saturated heterocycles. The van der Waals surface area contributed by atoms with Crippen molar-refractivity contribution in [3.05, 3.63) is 10.7 Å². The van der Waals surface area contributed by atoms with E-state index >= 15 is 0 Å². The standard InChI is InChI=1S/C12H20N2S/c1-3-10-14-11(12(13)15-10)9-6-4-8(2)5-7-9/h8-9H,3-7,13H2,1-2H3. The Labute approximate surface area is 95.9 Å². The van der Waals surface area contributed by atoms with E-state index in [1.807, 2.05) is 0 Å². The molecule has 0 aromatic carbocycles. The summed E-state index contributed by atoms with van der Waals surface area (Å²) in [4.78, 5) is 4.67. The molecule has 1 saturated carbocycles. The van der Waals surface area contributed by atoms with E-state index in [2.05, 4.69) is 18.8 Å². The molecule has 1 fully saturated rings. The molecule has 84 valence electrons. The van der Waals surface area contributed by atoms with E-state index in [1.54, 1.807) is 11.3 Å². The van der Waals surface area contributed by atoms with E-state index in [0.29, 0.717) is 5.92 Å². The molecular weight excluding hydrogens is 204 g/mol. The number of nitrogens with two attached hydrogens (primary N) is 1. The van der Waals surface area contributed by atoms with Crippen LogP contribution in [0.15, 0.2) is 0 Å². The van der Waals surface area contributed by atoms with E-state index in [4.69, 9.17) is 5.73 Å². The van der Waals surface area contributed by atoms with Gasteiger partial charge in [-0.15, -0.1) is 11.3 Å². The number of hydrogen-bond donors (Lipinski definition) is 1. The number of aryl methyl sites for hydroxylation is 1. The maximum atomic E-state index is 6.04. The first-order valence-electron chi connectivity index (χ1n) is 5.95. The van der Waals surface area contributed by atoms with Gasteiger partial charge in [-0.25, -0.2) is 4.98 Å². The molecule has 0 atom stereocenters. The smallest absolute Gasteiger partial charge is 0.110 e. The molecule has 3 heteroatoms. The maximum Gasteiger partial charge on any atom is 0.110 e. The average molecular weight is 224 g/mol. The molecule has 0 amide bonds. The second-order valence-corrected chi connectivity index (χ2v) is 5.78. The van der Waals surface area contributed by atoms with Crippen LogP contribution in [0.1, 0.15) is 56.2 Å². The molecule has 2 N–H and O–H groups in total. The third-order valence-electron chi connectivity index (χ3n) is 3.43. The highest BCUT2D eigenvalue weighted by atomic mass is 32.1. The van der Waals surface area contributed by atoms with Crippen molar-refractivity contribution in [2.24, 2.45) is 5.92 Å². The molecule has 1 aromatic rings. The minimum Gasteiger partial charge on any atom is -0.389 e. The van der Waals surface area contributed by atoms with Gasteiger partial charge in [-0.05, 0) is 25.2 Å². The van der Waals surface area contributed by atoms with Gasteiger partial charge < -0.3 is 5.73 Å². The molecule has 15 heavy (non-hydrogen) atoms. The third kappa shape index (κ3) is 2.33. The van der Waals surface area contributed by atoms with Gasteiger partial charge in [0.05, 0.1) is 10.7 Å². The van der Waals surface area contributed by atoms with E-state index < -0.39 is 0 Å². The van der Waals surface area contributed by atoms with E-state index in [0.717, 1.165) is 17.3 Å². The van der Waals surface area contributed by atoms with E-state index in [-0.39, 0.29) is 0 Å². The monoisotopic (exact) mass is 224 g/mol. The largest absolute Gasteiger partial charge is 0.389 e. The topological polar surface area (TPSA) is 38.9 Å². The molecule has 1 aliphatic carbocycles. The molecule has 0 radical (unpaired) electrons. The minimum atomic E-state index is 0.637. The van der Waals surface area contributed by atoms with E-state index in [9.17, 15) is 0 Å². The predicted molar refractivity (Wildman–Crippen MR) is 66.3 cm³/mol. The molecule has 0 bridgehead atoms. The first-order valence-corrected chi connectivity index (χ1v) is 6.77. The normalized spacial score (nSPS) is 26.8. The molecule has 1 heterocycles. The number of thiazole rings is 1. The SMILES string of the molecule is CCc1nc(C2CCC(C)CC2)c(N)s1. The molecule has 0 spiro atoms. The van der Waals surface area contributed by atoms with Crippen molar-refractivity contribution in [3.8, 4) is 0 Å². The van der Waals surface area contributed by atoms with Gasteiger partial charge in [0, 0.05) is 5.92 Å². The fourth-order valence-corrected chi connectivity index (χ4v) is 3.23. The fourth-order valence-electron chi connectivity index (χ4n) is 2.37. The van der Waals surface area contributed by atoms with Crippen LogP contribution in [0.4, 0.5) is 5.00 Å². The van der Waals surface area contributed by atoms with Crippen molar-refractivity contribution in [1.82, 2.24) is 4.98 Å². The van der Waals surface area contributed by atoms with Gasteiger partial charge in [-0.1, -0.05) is 26.7 Å². The lowest BCUT2D eigenvalue weighted by atomic mass is 9.81. The van der Waals surface area contributed by atoms with Gasteiger partial charge in [0.25, 0.3) is 0 Å². The summed E-state index contributed by atoms with van der Waals surface area (Å²) < 4.78 is 0. The van der Waals surface area contributed by atoms with E-state index in [1.165, 1.54) is 36.4 Å². The van der Waals surface area contributed by atoms with Crippen molar-refractivity contribution < 1.29 is 0 Å². The Hall–Kier alpha value is -0.570. The van der Waals surface area contributed by atoms with Crippen LogP contribution >= 0.6 is 11.3 Å². The second-order valence-electron chi connectivity index (χ2n) is 4.67. The quantitative estimate of drug-likeness (QED) is 0.834. The Morgan fingerprint density at radius 2 is 2.00 bits per heavy atom. The highest BCUT2D eigenvalue weighted by Crippen LogP contribution is 2.39. The molecule has 2 rings (SSSR count). The Morgan fingerprint density at radius 1 is 1.33 bits per heavy atom. The molecule has 2 nitrogen and oxygen atoms in total. The van der Waals surface area contributed by atoms with Gasteiger partial charge in [-0.2, -0.15) is 0 Å².